The highest BCUT2D eigenvalue weighted by Crippen LogP contribution is 2.66. The van der Waals surface area contributed by atoms with Crippen LogP contribution in [0.3, 0.4) is 0 Å². The van der Waals surface area contributed by atoms with Crippen molar-refractivity contribution < 1.29 is 4.74 Å². The number of hydrogen-bond donors (Lipinski definition) is 0. The Morgan fingerprint density at radius 2 is 1.00 bits per heavy atom. The Balaban J connectivity index is 1.75. The van der Waals surface area contributed by atoms with Crippen molar-refractivity contribution in [3.8, 4) is 16.9 Å². The van der Waals surface area contributed by atoms with Gasteiger partial charge < -0.3 is 4.74 Å². The first kappa shape index (κ1) is 20.1. The Kier molecular flexibility index (Phi) is 4.34. The topological polar surface area (TPSA) is 9.23 Å². The van der Waals surface area contributed by atoms with Gasteiger partial charge in [0.15, 0.2) is 0 Å². The maximum Gasteiger partial charge on any atom is 0.124 e. The number of methoxy groups -OCH3 is 1. The van der Waals surface area contributed by atoms with Crippen LogP contribution in [0, 0.1) is 0 Å². The summed E-state index contributed by atoms with van der Waals surface area (Å²) in [5.74, 6) is 0.924. The summed E-state index contributed by atoms with van der Waals surface area (Å²) in [6, 6.07) is 46.0. The largest absolute Gasteiger partial charge is 0.496 e. The lowest BCUT2D eigenvalue weighted by Gasteiger charge is -2.34. The molecule has 0 saturated heterocycles. The van der Waals surface area contributed by atoms with Crippen molar-refractivity contribution in [3.05, 3.63) is 161 Å². The van der Waals surface area contributed by atoms with E-state index < -0.39 is 5.41 Å². The summed E-state index contributed by atoms with van der Waals surface area (Å²) in [5, 5.41) is 0. The van der Waals surface area contributed by atoms with Crippen LogP contribution in [0.25, 0.3) is 22.3 Å². The molecule has 0 saturated carbocycles. The number of rotatable bonds is 3. The zero-order valence-corrected chi connectivity index (χ0v) is 19.5. The molecule has 0 radical (unpaired) electrons. The van der Waals surface area contributed by atoms with Crippen LogP contribution in [0.15, 0.2) is 127 Å². The van der Waals surface area contributed by atoms with Gasteiger partial charge in [0.2, 0.25) is 0 Å². The highest BCUT2D eigenvalue weighted by atomic mass is 16.5. The van der Waals surface area contributed by atoms with Crippen molar-refractivity contribution in [2.75, 3.05) is 7.11 Å². The molecule has 7 rings (SSSR count). The van der Waals surface area contributed by atoms with E-state index in [1.54, 1.807) is 7.11 Å². The Morgan fingerprint density at radius 1 is 0.486 bits per heavy atom. The fourth-order valence-corrected chi connectivity index (χ4v) is 6.39. The summed E-state index contributed by atoms with van der Waals surface area (Å²) in [7, 11) is 1.79. The summed E-state index contributed by atoms with van der Waals surface area (Å²) in [6.07, 6.45) is 0. The lowest BCUT2D eigenvalue weighted by molar-refractivity contribution is 0.407. The molecule has 0 atom stereocenters. The van der Waals surface area contributed by atoms with Gasteiger partial charge in [-0.25, -0.2) is 0 Å². The lowest BCUT2D eigenvalue weighted by Crippen LogP contribution is -2.27. The molecule has 0 aliphatic heterocycles. The number of hydrogen-bond acceptors (Lipinski definition) is 1. The van der Waals surface area contributed by atoms with Gasteiger partial charge in [-0.3, -0.25) is 0 Å². The van der Waals surface area contributed by atoms with Crippen molar-refractivity contribution >= 4 is 11.1 Å². The van der Waals surface area contributed by atoms with Gasteiger partial charge in [0, 0.05) is 5.56 Å². The molecule has 166 valence electrons. The van der Waals surface area contributed by atoms with Crippen LogP contribution in [-0.4, -0.2) is 7.11 Å². The fourth-order valence-electron chi connectivity index (χ4n) is 6.39. The average Bonchev–Trinajstić information content (AvgIpc) is 3.41. The molecule has 35 heavy (non-hydrogen) atoms. The molecule has 2 aliphatic rings. The Bertz CT molecular complexity index is 1560. The van der Waals surface area contributed by atoms with E-state index in [4.69, 9.17) is 4.74 Å². The Morgan fingerprint density at radius 3 is 1.60 bits per heavy atom. The molecule has 5 aromatic rings. The summed E-state index contributed by atoms with van der Waals surface area (Å²) in [4.78, 5) is 0. The molecule has 0 fully saturated rings. The van der Waals surface area contributed by atoms with E-state index >= 15 is 0 Å². The third-order valence-electron chi connectivity index (χ3n) is 7.59. The molecule has 0 unspecified atom stereocenters. The van der Waals surface area contributed by atoms with E-state index in [9.17, 15) is 0 Å². The SMILES string of the molecule is COc1cccc2c1C1(C(c3ccccc3)=C2c2ccccc2)c2ccccc2-c2ccccc21. The van der Waals surface area contributed by atoms with Crippen LogP contribution in [-0.2, 0) is 5.41 Å². The fraction of sp³-hybridized carbons (Fsp3) is 0.0588. The van der Waals surface area contributed by atoms with Crippen molar-refractivity contribution in [3.63, 3.8) is 0 Å². The Labute approximate surface area is 206 Å². The van der Waals surface area contributed by atoms with Gasteiger partial charge in [-0.05, 0) is 56.2 Å². The van der Waals surface area contributed by atoms with Crippen LogP contribution in [0.2, 0.25) is 0 Å². The molecule has 1 spiro atoms. The minimum absolute atomic E-state index is 0.471. The molecule has 0 aromatic heterocycles. The predicted molar refractivity (Wildman–Crippen MR) is 144 cm³/mol. The third-order valence-corrected chi connectivity index (χ3v) is 7.59. The summed E-state index contributed by atoms with van der Waals surface area (Å²) in [5.41, 5.74) is 12.3. The van der Waals surface area contributed by atoms with Gasteiger partial charge in [-0.1, -0.05) is 121 Å². The van der Waals surface area contributed by atoms with Crippen LogP contribution in [0.4, 0.5) is 0 Å². The lowest BCUT2D eigenvalue weighted by atomic mass is 9.67. The number of allylic oxidation sites excluding steroid dienone is 1. The second-order valence-electron chi connectivity index (χ2n) is 9.21. The number of ether oxygens (including phenoxy) is 1. The molecule has 1 nitrogen and oxygen atoms in total. The van der Waals surface area contributed by atoms with E-state index in [-0.39, 0.29) is 0 Å². The van der Waals surface area contributed by atoms with Crippen molar-refractivity contribution in [1.29, 1.82) is 0 Å². The Hall–Kier alpha value is -4.36. The van der Waals surface area contributed by atoms with Crippen molar-refractivity contribution in [1.82, 2.24) is 0 Å². The second-order valence-corrected chi connectivity index (χ2v) is 9.21. The van der Waals surface area contributed by atoms with Gasteiger partial charge >= 0.3 is 0 Å². The van der Waals surface area contributed by atoms with Crippen LogP contribution in [0.1, 0.15) is 33.4 Å². The zero-order chi connectivity index (χ0) is 23.4. The van der Waals surface area contributed by atoms with Gasteiger partial charge in [0.1, 0.15) is 5.75 Å². The monoisotopic (exact) mass is 448 g/mol. The molecule has 1 heteroatoms. The molecule has 0 heterocycles. The van der Waals surface area contributed by atoms with E-state index in [0.717, 1.165) is 5.75 Å². The van der Waals surface area contributed by atoms with Crippen LogP contribution >= 0.6 is 0 Å². The van der Waals surface area contributed by atoms with E-state index in [1.165, 1.54) is 55.7 Å². The summed E-state index contributed by atoms with van der Waals surface area (Å²) >= 11 is 0. The van der Waals surface area contributed by atoms with Gasteiger partial charge in [-0.2, -0.15) is 0 Å². The van der Waals surface area contributed by atoms with Crippen molar-refractivity contribution in [2.45, 2.75) is 5.41 Å². The third kappa shape index (κ3) is 2.58. The highest BCUT2D eigenvalue weighted by molar-refractivity contribution is 6.14. The van der Waals surface area contributed by atoms with Gasteiger partial charge in [0.05, 0.1) is 12.5 Å². The van der Waals surface area contributed by atoms with Gasteiger partial charge in [0.25, 0.3) is 0 Å². The van der Waals surface area contributed by atoms with E-state index in [0.29, 0.717) is 0 Å². The smallest absolute Gasteiger partial charge is 0.124 e. The zero-order valence-electron chi connectivity index (χ0n) is 19.5. The van der Waals surface area contributed by atoms with Crippen LogP contribution < -0.4 is 4.74 Å². The summed E-state index contributed by atoms with van der Waals surface area (Å²) in [6.45, 7) is 0. The molecule has 0 bridgehead atoms. The van der Waals surface area contributed by atoms with E-state index in [2.05, 4.69) is 127 Å². The molecular weight excluding hydrogens is 424 g/mol. The molecule has 0 amide bonds. The summed E-state index contributed by atoms with van der Waals surface area (Å²) < 4.78 is 6.12. The molecule has 2 aliphatic carbocycles. The normalized spacial score (nSPS) is 14.5. The molecule has 5 aromatic carbocycles. The molecular formula is C34H24O. The number of benzene rings is 5. The average molecular weight is 449 g/mol. The maximum absolute atomic E-state index is 6.12. The minimum atomic E-state index is -0.471. The first-order valence-corrected chi connectivity index (χ1v) is 12.1. The standard InChI is InChI=1S/C34H24O/c1-35-30-22-12-19-27-31(23-13-4-2-5-14-23)32(24-15-6-3-7-16-24)34(33(27)30)28-20-10-8-17-25(28)26-18-9-11-21-29(26)34/h2-22H,1H3. The first-order valence-electron chi connectivity index (χ1n) is 12.1. The highest BCUT2D eigenvalue weighted by Gasteiger charge is 2.54. The first-order chi connectivity index (χ1) is 17.4. The van der Waals surface area contributed by atoms with Gasteiger partial charge in [-0.15, -0.1) is 0 Å². The van der Waals surface area contributed by atoms with E-state index in [1.807, 2.05) is 0 Å². The second kappa shape index (κ2) is 7.58. The maximum atomic E-state index is 6.12. The van der Waals surface area contributed by atoms with Crippen molar-refractivity contribution in [2.24, 2.45) is 0 Å². The predicted octanol–water partition coefficient (Wildman–Crippen LogP) is 7.98. The number of fused-ring (bicyclic) bond motifs is 7. The molecule has 0 N–H and O–H groups in total. The van der Waals surface area contributed by atoms with Crippen LogP contribution in [0.5, 0.6) is 5.75 Å². The minimum Gasteiger partial charge on any atom is -0.496 e. The quantitative estimate of drug-likeness (QED) is 0.272.